The molecule has 0 saturated heterocycles. The van der Waals surface area contributed by atoms with Gasteiger partial charge in [-0.2, -0.15) is 0 Å². The molecule has 0 aromatic heterocycles. The average molecular weight is 351 g/mol. The number of rotatable bonds is 15. The zero-order valence-corrected chi connectivity index (χ0v) is 15.7. The average Bonchev–Trinajstić information content (AvgIpc) is 2.42. The smallest absolute Gasteiger partial charge is 0.224 e. The van der Waals surface area contributed by atoms with Gasteiger partial charge in [0, 0.05) is 12.3 Å². The normalized spacial score (nSPS) is 12.6. The van der Waals surface area contributed by atoms with Gasteiger partial charge in [-0.15, -0.1) is 0 Å². The first-order valence-electron chi connectivity index (χ1n) is 8.82. The van der Waals surface area contributed by atoms with E-state index in [4.69, 9.17) is 23.2 Å². The Balaban J connectivity index is 3.30. The lowest BCUT2D eigenvalue weighted by Crippen LogP contribution is -2.15. The summed E-state index contributed by atoms with van der Waals surface area (Å²) >= 11 is 10.9. The number of hydrogen-bond donors (Lipinski definition) is 0. The van der Waals surface area contributed by atoms with Crippen LogP contribution in [-0.2, 0) is 9.59 Å². The fourth-order valence-electron chi connectivity index (χ4n) is 2.75. The summed E-state index contributed by atoms with van der Waals surface area (Å²) in [6, 6.07) is 0. The molecule has 2 nitrogen and oxygen atoms in total. The van der Waals surface area contributed by atoms with Crippen molar-refractivity contribution in [3.05, 3.63) is 0 Å². The topological polar surface area (TPSA) is 34.1 Å². The maximum atomic E-state index is 11.3. The zero-order chi connectivity index (χ0) is 16.8. The van der Waals surface area contributed by atoms with Gasteiger partial charge >= 0.3 is 0 Å². The number of carbonyl (C=O) groups excluding carboxylic acids is 2. The molecule has 0 aliphatic rings. The maximum absolute atomic E-state index is 11.3. The molecule has 0 aliphatic carbocycles. The van der Waals surface area contributed by atoms with Crippen LogP contribution >= 0.6 is 23.2 Å². The van der Waals surface area contributed by atoms with Crippen LogP contribution in [0.25, 0.3) is 0 Å². The van der Waals surface area contributed by atoms with Crippen LogP contribution in [0.3, 0.4) is 0 Å². The third kappa shape index (κ3) is 13.6. The van der Waals surface area contributed by atoms with Gasteiger partial charge in [-0.1, -0.05) is 71.6 Å². The van der Waals surface area contributed by atoms with E-state index in [2.05, 4.69) is 13.8 Å². The molecule has 22 heavy (non-hydrogen) atoms. The molecular weight excluding hydrogens is 319 g/mol. The van der Waals surface area contributed by atoms with Gasteiger partial charge in [-0.05, 0) is 42.0 Å². The van der Waals surface area contributed by atoms with Crippen molar-refractivity contribution in [1.82, 2.24) is 0 Å². The van der Waals surface area contributed by atoms with E-state index >= 15 is 0 Å². The molecule has 1 unspecified atom stereocenters. The van der Waals surface area contributed by atoms with Crippen molar-refractivity contribution in [3.63, 3.8) is 0 Å². The van der Waals surface area contributed by atoms with Crippen molar-refractivity contribution in [2.45, 2.75) is 90.9 Å². The van der Waals surface area contributed by atoms with Crippen LogP contribution in [0.1, 0.15) is 90.9 Å². The van der Waals surface area contributed by atoms with Gasteiger partial charge in [0.05, 0.1) is 0 Å². The van der Waals surface area contributed by atoms with E-state index in [9.17, 15) is 9.59 Å². The summed E-state index contributed by atoms with van der Waals surface area (Å²) in [6.45, 7) is 4.13. The van der Waals surface area contributed by atoms with Gasteiger partial charge in [-0.25, -0.2) is 0 Å². The van der Waals surface area contributed by atoms with Crippen molar-refractivity contribution >= 4 is 33.7 Å². The lowest BCUT2D eigenvalue weighted by molar-refractivity contribution is -0.116. The highest BCUT2D eigenvalue weighted by atomic mass is 35.5. The highest BCUT2D eigenvalue weighted by Crippen LogP contribution is 2.22. The fourth-order valence-corrected chi connectivity index (χ4v) is 3.25. The second-order valence-corrected chi connectivity index (χ2v) is 7.38. The highest BCUT2D eigenvalue weighted by molar-refractivity contribution is 6.64. The summed E-state index contributed by atoms with van der Waals surface area (Å²) in [6.07, 6.45) is 13.4. The summed E-state index contributed by atoms with van der Waals surface area (Å²) < 4.78 is 0. The zero-order valence-electron chi connectivity index (χ0n) is 14.2. The van der Waals surface area contributed by atoms with Crippen molar-refractivity contribution in [1.29, 1.82) is 0 Å². The molecule has 1 atom stereocenters. The molecule has 0 aliphatic heterocycles. The van der Waals surface area contributed by atoms with E-state index in [-0.39, 0.29) is 16.4 Å². The van der Waals surface area contributed by atoms with E-state index < -0.39 is 0 Å². The van der Waals surface area contributed by atoms with Gasteiger partial charge in [-0.3, -0.25) is 9.59 Å². The van der Waals surface area contributed by atoms with Crippen LogP contribution in [0.2, 0.25) is 0 Å². The summed E-state index contributed by atoms with van der Waals surface area (Å²) in [7, 11) is 0. The van der Waals surface area contributed by atoms with Crippen LogP contribution in [0.15, 0.2) is 0 Å². The van der Waals surface area contributed by atoms with Crippen LogP contribution in [0, 0.1) is 11.8 Å². The van der Waals surface area contributed by atoms with Crippen LogP contribution in [-0.4, -0.2) is 10.5 Å². The molecule has 0 radical (unpaired) electrons. The predicted octanol–water partition coefficient (Wildman–Crippen LogP) is 6.47. The van der Waals surface area contributed by atoms with Crippen molar-refractivity contribution < 1.29 is 9.59 Å². The molecule has 0 spiro atoms. The summed E-state index contributed by atoms with van der Waals surface area (Å²) in [5.74, 6) is 0.376. The maximum Gasteiger partial charge on any atom is 0.224 e. The van der Waals surface area contributed by atoms with Gasteiger partial charge in [0.1, 0.15) is 0 Å². The number of halogens is 2. The molecule has 0 saturated carbocycles. The predicted molar refractivity (Wildman–Crippen MR) is 95.5 cm³/mol. The van der Waals surface area contributed by atoms with Crippen LogP contribution in [0.5, 0.6) is 0 Å². The largest absolute Gasteiger partial charge is 0.281 e. The minimum atomic E-state index is -0.212. The molecule has 0 heterocycles. The lowest BCUT2D eigenvalue weighted by Gasteiger charge is -2.15. The molecule has 4 heteroatoms. The summed E-state index contributed by atoms with van der Waals surface area (Å²) in [5, 5.41) is -0.388. The standard InChI is InChI=1S/C18H32Cl2O2/c1-15(2)16(18(20)22)13-11-9-7-5-3-4-6-8-10-12-14-17(19)21/h15-16H,3-14H2,1-2H3. The van der Waals surface area contributed by atoms with Crippen molar-refractivity contribution in [2.24, 2.45) is 11.8 Å². The fraction of sp³-hybridized carbons (Fsp3) is 0.889. The Labute approximate surface area is 146 Å². The Morgan fingerprint density at radius 2 is 1.14 bits per heavy atom. The van der Waals surface area contributed by atoms with E-state index in [1.165, 1.54) is 44.9 Å². The van der Waals surface area contributed by atoms with E-state index in [1.54, 1.807) is 0 Å². The van der Waals surface area contributed by atoms with Crippen LogP contribution < -0.4 is 0 Å². The van der Waals surface area contributed by atoms with Crippen molar-refractivity contribution in [3.8, 4) is 0 Å². The monoisotopic (exact) mass is 350 g/mol. The minimum Gasteiger partial charge on any atom is -0.281 e. The first kappa shape index (κ1) is 21.9. The molecule has 0 N–H and O–H groups in total. The second-order valence-electron chi connectivity index (χ2n) is 6.58. The molecule has 0 amide bonds. The number of hydrogen-bond acceptors (Lipinski definition) is 2. The lowest BCUT2D eigenvalue weighted by atomic mass is 9.91. The number of carbonyl (C=O) groups is 2. The van der Waals surface area contributed by atoms with Gasteiger partial charge in [0.25, 0.3) is 0 Å². The van der Waals surface area contributed by atoms with Crippen LogP contribution in [0.4, 0.5) is 0 Å². The molecule has 0 rings (SSSR count). The third-order valence-corrected chi connectivity index (χ3v) is 4.70. The molecule has 0 aromatic rings. The van der Waals surface area contributed by atoms with E-state index in [0.29, 0.717) is 12.3 Å². The SMILES string of the molecule is CC(C)C(CCCCCCCCCCCCC(=O)Cl)C(=O)Cl. The Kier molecular flexibility index (Phi) is 14.5. The first-order valence-corrected chi connectivity index (χ1v) is 9.58. The third-order valence-electron chi connectivity index (χ3n) is 4.23. The van der Waals surface area contributed by atoms with Gasteiger partial charge in [0.15, 0.2) is 0 Å². The molecule has 0 fully saturated rings. The van der Waals surface area contributed by atoms with Gasteiger partial charge < -0.3 is 0 Å². The molecule has 130 valence electrons. The summed E-state index contributed by atoms with van der Waals surface area (Å²) in [4.78, 5) is 21.8. The van der Waals surface area contributed by atoms with E-state index in [1.807, 2.05) is 0 Å². The molecular formula is C18H32Cl2O2. The van der Waals surface area contributed by atoms with E-state index in [0.717, 1.165) is 25.7 Å². The molecule has 0 bridgehead atoms. The number of unbranched alkanes of at least 4 members (excludes halogenated alkanes) is 9. The Bertz CT molecular complexity index is 303. The van der Waals surface area contributed by atoms with Gasteiger partial charge in [0.2, 0.25) is 10.5 Å². The summed E-state index contributed by atoms with van der Waals surface area (Å²) in [5.41, 5.74) is 0. The highest BCUT2D eigenvalue weighted by Gasteiger charge is 2.19. The Morgan fingerprint density at radius 3 is 1.50 bits per heavy atom. The quantitative estimate of drug-likeness (QED) is 0.250. The second kappa shape index (κ2) is 14.5. The minimum absolute atomic E-state index is 0.0292. The van der Waals surface area contributed by atoms with Crippen molar-refractivity contribution in [2.75, 3.05) is 0 Å². The first-order chi connectivity index (χ1) is 10.4. The Hall–Kier alpha value is -0.0800. The molecule has 0 aromatic carbocycles. The Morgan fingerprint density at radius 1 is 0.727 bits per heavy atom.